The Morgan fingerprint density at radius 3 is 2.42 bits per heavy atom. The topological polar surface area (TPSA) is 80.3 Å². The number of fused-ring (bicyclic) bond motifs is 10. The lowest BCUT2D eigenvalue weighted by Gasteiger charge is -2.50. The highest BCUT2D eigenvalue weighted by Crippen LogP contribution is 2.44. The fourth-order valence-electron chi connectivity index (χ4n) is 5.97. The van der Waals surface area contributed by atoms with Crippen LogP contribution in [-0.2, 0) is 16.0 Å². The number of carbonyl (C=O) groups is 2. The lowest BCUT2D eigenvalue weighted by Crippen LogP contribution is -2.61. The average Bonchev–Trinajstić information content (AvgIpc) is 2.87. The number of benzene rings is 1. The van der Waals surface area contributed by atoms with Crippen LogP contribution in [0, 0.1) is 11.7 Å². The second kappa shape index (κ2) is 13.9. The Hall–Kier alpha value is -2.67. The van der Waals surface area contributed by atoms with Crippen LogP contribution in [0.5, 0.6) is 5.75 Å². The van der Waals surface area contributed by atoms with Gasteiger partial charge in [-0.3, -0.25) is 14.6 Å². The molecule has 3 aliphatic rings. The number of amides is 2. The normalized spacial score (nSPS) is 24.4. The summed E-state index contributed by atoms with van der Waals surface area (Å²) in [6.45, 7) is -0.204. The van der Waals surface area contributed by atoms with Gasteiger partial charge >= 0.3 is 0 Å². The predicted octanol–water partition coefficient (Wildman–Crippen LogP) is 6.16. The lowest BCUT2D eigenvalue weighted by atomic mass is 9.63. The van der Waals surface area contributed by atoms with Gasteiger partial charge in [0.05, 0.1) is 11.4 Å². The highest BCUT2D eigenvalue weighted by Gasteiger charge is 2.46. The second-order valence-corrected chi connectivity index (χ2v) is 11.4. The van der Waals surface area contributed by atoms with Gasteiger partial charge in [0.15, 0.2) is 6.61 Å². The number of nitrogens with one attached hydrogen (secondary N) is 2. The largest absolute Gasteiger partial charge is 0.484 e. The standard InChI is InChI=1S/C30H39ClFN3O3/c31-26-14-13-25(17-27(26)32)38-21-29(37)35-30-18-22(19-30)10-6-4-2-1-3-5-7-12-24(20-30)34-28(36)16-23-11-8-9-15-33-23/h8-9,11,13-15,17,22,24H,1-7,10,12,16,18-21H2,(H,34,36)(H,35,37). The van der Waals surface area contributed by atoms with Gasteiger partial charge in [-0.15, -0.1) is 0 Å². The van der Waals surface area contributed by atoms with E-state index >= 15 is 0 Å². The first-order chi connectivity index (χ1) is 18.4. The minimum atomic E-state index is -0.583. The molecular weight excluding hydrogens is 505 g/mol. The van der Waals surface area contributed by atoms with Crippen LogP contribution in [0.2, 0.25) is 5.02 Å². The summed E-state index contributed by atoms with van der Waals surface area (Å²) in [5, 5.41) is 6.51. The number of carbonyl (C=O) groups excluding carboxylic acids is 2. The van der Waals surface area contributed by atoms with Gasteiger partial charge in [0.2, 0.25) is 5.91 Å². The number of hydrogen-bond donors (Lipinski definition) is 2. The molecule has 1 heterocycles. The lowest BCUT2D eigenvalue weighted by molar-refractivity contribution is -0.127. The third-order valence-corrected chi connectivity index (χ3v) is 8.07. The highest BCUT2D eigenvalue weighted by atomic mass is 35.5. The molecular formula is C30H39ClFN3O3. The monoisotopic (exact) mass is 543 g/mol. The van der Waals surface area contributed by atoms with Gasteiger partial charge in [0, 0.05) is 29.5 Å². The summed E-state index contributed by atoms with van der Waals surface area (Å²) in [6.07, 6.45) is 15.0. The maximum atomic E-state index is 13.7. The van der Waals surface area contributed by atoms with Gasteiger partial charge in [0.1, 0.15) is 11.6 Å². The second-order valence-electron chi connectivity index (χ2n) is 11.0. The van der Waals surface area contributed by atoms with Crippen LogP contribution in [0.25, 0.3) is 0 Å². The number of ether oxygens (including phenoxy) is 1. The molecule has 1 aromatic carbocycles. The molecule has 206 valence electrons. The van der Waals surface area contributed by atoms with Crippen molar-refractivity contribution in [3.05, 3.63) is 59.1 Å². The summed E-state index contributed by atoms with van der Waals surface area (Å²) in [4.78, 5) is 30.2. The first-order valence-corrected chi connectivity index (χ1v) is 14.4. The molecule has 2 aromatic rings. The third-order valence-electron chi connectivity index (χ3n) is 7.76. The van der Waals surface area contributed by atoms with Crippen molar-refractivity contribution in [3.8, 4) is 5.75 Å². The molecule has 0 saturated heterocycles. The van der Waals surface area contributed by atoms with E-state index < -0.39 is 5.82 Å². The van der Waals surface area contributed by atoms with Crippen molar-refractivity contribution in [1.82, 2.24) is 15.6 Å². The van der Waals surface area contributed by atoms with Crippen LogP contribution < -0.4 is 15.4 Å². The molecule has 0 aliphatic heterocycles. The van der Waals surface area contributed by atoms with Crippen LogP contribution >= 0.6 is 11.6 Å². The number of rotatable bonds is 7. The molecule has 3 fully saturated rings. The van der Waals surface area contributed by atoms with Gasteiger partial charge in [-0.2, -0.15) is 0 Å². The first-order valence-electron chi connectivity index (χ1n) is 14.0. The van der Waals surface area contributed by atoms with E-state index in [0.717, 1.165) is 37.8 Å². The van der Waals surface area contributed by atoms with E-state index in [2.05, 4.69) is 15.6 Å². The minimum absolute atomic E-state index is 0.0112. The molecule has 2 amide bonds. The SMILES string of the molecule is O=C(Cc1ccccn1)NC1CCCCCCCCCC2CC(NC(=O)COc3ccc(Cl)c(F)c3)(C2)C1. The predicted molar refractivity (Wildman–Crippen MR) is 147 cm³/mol. The molecule has 2 N–H and O–H groups in total. The number of halogens is 2. The number of aromatic nitrogens is 1. The fraction of sp³-hybridized carbons (Fsp3) is 0.567. The van der Waals surface area contributed by atoms with Crippen molar-refractivity contribution in [2.75, 3.05) is 6.61 Å². The summed E-state index contributed by atoms with van der Waals surface area (Å²) in [7, 11) is 0. The van der Waals surface area contributed by atoms with Crippen LogP contribution in [-0.4, -0.2) is 35.0 Å². The number of pyridine rings is 1. The fourth-order valence-corrected chi connectivity index (χ4v) is 6.08. The Morgan fingerprint density at radius 1 is 0.974 bits per heavy atom. The molecule has 5 rings (SSSR count). The van der Waals surface area contributed by atoms with Gasteiger partial charge in [-0.25, -0.2) is 4.39 Å². The summed E-state index contributed by atoms with van der Waals surface area (Å²) in [6, 6.07) is 9.70. The molecule has 6 nitrogen and oxygen atoms in total. The van der Waals surface area contributed by atoms with Crippen molar-refractivity contribution < 1.29 is 18.7 Å². The van der Waals surface area contributed by atoms with Gasteiger partial charge < -0.3 is 15.4 Å². The quantitative estimate of drug-likeness (QED) is 0.438. The van der Waals surface area contributed by atoms with Crippen molar-refractivity contribution in [1.29, 1.82) is 0 Å². The third kappa shape index (κ3) is 8.69. The van der Waals surface area contributed by atoms with Crippen LogP contribution in [0.15, 0.2) is 42.6 Å². The van der Waals surface area contributed by atoms with Crippen molar-refractivity contribution in [3.63, 3.8) is 0 Å². The molecule has 2 bridgehead atoms. The molecule has 1 atom stereocenters. The van der Waals surface area contributed by atoms with E-state index in [1.807, 2.05) is 18.2 Å². The Balaban J connectivity index is 1.40. The van der Waals surface area contributed by atoms with Crippen LogP contribution in [0.4, 0.5) is 4.39 Å². The zero-order valence-electron chi connectivity index (χ0n) is 22.0. The Kier molecular flexibility index (Phi) is 10.4. The first kappa shape index (κ1) is 28.3. The molecule has 8 heteroatoms. The molecule has 0 spiro atoms. The highest BCUT2D eigenvalue weighted by molar-refractivity contribution is 6.30. The van der Waals surface area contributed by atoms with Crippen molar-refractivity contribution in [2.24, 2.45) is 5.92 Å². The summed E-state index contributed by atoms with van der Waals surface area (Å²) >= 11 is 5.74. The van der Waals surface area contributed by atoms with Crippen LogP contribution in [0.1, 0.15) is 82.7 Å². The van der Waals surface area contributed by atoms with E-state index in [1.54, 1.807) is 12.3 Å². The number of hydrogen-bond acceptors (Lipinski definition) is 4. The zero-order chi connectivity index (χ0) is 26.8. The van der Waals surface area contributed by atoms with E-state index in [0.29, 0.717) is 12.3 Å². The van der Waals surface area contributed by atoms with Gasteiger partial charge in [-0.1, -0.05) is 69.0 Å². The van der Waals surface area contributed by atoms with Gasteiger partial charge in [0.25, 0.3) is 5.91 Å². The maximum Gasteiger partial charge on any atom is 0.258 e. The number of nitrogens with zero attached hydrogens (tertiary/aromatic N) is 1. The van der Waals surface area contributed by atoms with Crippen LogP contribution in [0.3, 0.4) is 0 Å². The molecule has 38 heavy (non-hydrogen) atoms. The average molecular weight is 544 g/mol. The molecule has 1 unspecified atom stereocenters. The van der Waals surface area contributed by atoms with E-state index in [1.165, 1.54) is 50.7 Å². The van der Waals surface area contributed by atoms with Gasteiger partial charge in [-0.05, 0) is 55.9 Å². The summed E-state index contributed by atoms with van der Waals surface area (Å²) in [5.41, 5.74) is 0.372. The molecule has 3 saturated carbocycles. The zero-order valence-corrected chi connectivity index (χ0v) is 22.8. The van der Waals surface area contributed by atoms with Crippen molar-refractivity contribution >= 4 is 23.4 Å². The molecule has 3 aliphatic carbocycles. The smallest absolute Gasteiger partial charge is 0.258 e. The van der Waals surface area contributed by atoms with Crippen molar-refractivity contribution in [2.45, 2.75) is 95.1 Å². The molecule has 0 radical (unpaired) electrons. The Bertz CT molecular complexity index is 1060. The van der Waals surface area contributed by atoms with E-state index in [4.69, 9.17) is 16.3 Å². The van der Waals surface area contributed by atoms with E-state index in [-0.39, 0.29) is 47.2 Å². The summed E-state index contributed by atoms with van der Waals surface area (Å²) in [5.74, 6) is -0.0230. The summed E-state index contributed by atoms with van der Waals surface area (Å²) < 4.78 is 19.3. The maximum absolute atomic E-state index is 13.7. The van der Waals surface area contributed by atoms with E-state index in [9.17, 15) is 14.0 Å². The Morgan fingerprint density at radius 2 is 1.71 bits per heavy atom. The minimum Gasteiger partial charge on any atom is -0.484 e. The molecule has 1 aromatic heterocycles. The Labute approximate surface area is 230 Å².